The second kappa shape index (κ2) is 6.83. The van der Waals surface area contributed by atoms with Gasteiger partial charge in [0.25, 0.3) is 0 Å². The van der Waals surface area contributed by atoms with E-state index in [2.05, 4.69) is 10.6 Å². The third-order valence-electron chi connectivity index (χ3n) is 3.87. The summed E-state index contributed by atoms with van der Waals surface area (Å²) in [6, 6.07) is 7.60. The molecule has 0 unspecified atom stereocenters. The average Bonchev–Trinajstić information content (AvgIpc) is 2.80. The molecule has 0 aliphatic carbocycles. The van der Waals surface area contributed by atoms with Gasteiger partial charge in [-0.25, -0.2) is 4.79 Å². The normalized spacial score (nSPS) is 11.6. The smallest absolute Gasteiger partial charge is 0.315 e. The predicted molar refractivity (Wildman–Crippen MR) is 86.7 cm³/mol. The quantitative estimate of drug-likeness (QED) is 0.768. The number of hydrogen-bond acceptors (Lipinski definition) is 3. The maximum Gasteiger partial charge on any atom is 0.315 e. The van der Waals surface area contributed by atoms with Gasteiger partial charge >= 0.3 is 6.03 Å². The average molecular weight is 304 g/mol. The fourth-order valence-corrected chi connectivity index (χ4v) is 2.33. The Morgan fingerprint density at radius 3 is 2.68 bits per heavy atom. The highest BCUT2D eigenvalue weighted by Gasteiger charge is 2.18. The Labute approximate surface area is 130 Å². The number of aliphatic hydroxyl groups is 1. The molecule has 0 spiro atoms. The lowest BCUT2D eigenvalue weighted by Crippen LogP contribution is -2.40. The van der Waals surface area contributed by atoms with E-state index in [1.165, 1.54) is 0 Å². The molecule has 5 nitrogen and oxygen atoms in total. The predicted octanol–water partition coefficient (Wildman–Crippen LogP) is 2.95. The molecule has 0 aliphatic heterocycles. The molecule has 3 N–H and O–H groups in total. The van der Waals surface area contributed by atoms with Crippen molar-refractivity contribution in [1.29, 1.82) is 0 Å². The molecule has 2 aromatic rings. The summed E-state index contributed by atoms with van der Waals surface area (Å²) in [7, 11) is 0. The molecule has 2 amide bonds. The topological polar surface area (TPSA) is 74.5 Å². The standard InChI is InChI=1S/C17H24N2O3/c1-12-13-6-4-5-7-14(13)22-15(12)10-18-16(21)19-11-17(2,3)8-9-20/h4-7,20H,8-11H2,1-3H3,(H2,18,19,21). The fourth-order valence-electron chi connectivity index (χ4n) is 2.33. The van der Waals surface area contributed by atoms with E-state index in [-0.39, 0.29) is 18.1 Å². The highest BCUT2D eigenvalue weighted by Crippen LogP contribution is 2.24. The van der Waals surface area contributed by atoms with Gasteiger partial charge in [0.05, 0.1) is 6.54 Å². The lowest BCUT2D eigenvalue weighted by atomic mass is 9.90. The van der Waals surface area contributed by atoms with Crippen molar-refractivity contribution in [3.8, 4) is 0 Å². The number of nitrogens with one attached hydrogen (secondary N) is 2. The van der Waals surface area contributed by atoms with E-state index < -0.39 is 0 Å². The number of carbonyl (C=O) groups is 1. The first kappa shape index (κ1) is 16.4. The van der Waals surface area contributed by atoms with Crippen LogP contribution >= 0.6 is 0 Å². The van der Waals surface area contributed by atoms with E-state index in [9.17, 15) is 4.79 Å². The fraction of sp³-hybridized carbons (Fsp3) is 0.471. The van der Waals surface area contributed by atoms with Crippen molar-refractivity contribution in [2.45, 2.75) is 33.7 Å². The summed E-state index contributed by atoms with van der Waals surface area (Å²) in [6.45, 7) is 6.99. The molecule has 0 atom stereocenters. The number of para-hydroxylation sites is 1. The summed E-state index contributed by atoms with van der Waals surface area (Å²) in [5.74, 6) is 0.769. The highest BCUT2D eigenvalue weighted by atomic mass is 16.3. The number of aliphatic hydroxyl groups excluding tert-OH is 1. The van der Waals surface area contributed by atoms with Gasteiger partial charge in [-0.2, -0.15) is 0 Å². The molecule has 0 bridgehead atoms. The molecule has 1 aromatic carbocycles. The Bertz CT molecular complexity index is 646. The number of urea groups is 1. The van der Waals surface area contributed by atoms with Gasteiger partial charge in [0.2, 0.25) is 0 Å². The van der Waals surface area contributed by atoms with E-state index in [1.54, 1.807) is 0 Å². The van der Waals surface area contributed by atoms with Crippen molar-refractivity contribution in [1.82, 2.24) is 10.6 Å². The lowest BCUT2D eigenvalue weighted by molar-refractivity contribution is 0.201. The van der Waals surface area contributed by atoms with Gasteiger partial charge in [-0.1, -0.05) is 32.0 Å². The van der Waals surface area contributed by atoms with Gasteiger partial charge in [-0.15, -0.1) is 0 Å². The van der Waals surface area contributed by atoms with Crippen LogP contribution in [-0.2, 0) is 6.54 Å². The first-order valence-electron chi connectivity index (χ1n) is 7.52. The minimum Gasteiger partial charge on any atom is -0.459 e. The van der Waals surface area contributed by atoms with Crippen LogP contribution in [0.2, 0.25) is 0 Å². The maximum atomic E-state index is 11.9. The van der Waals surface area contributed by atoms with E-state index in [1.807, 2.05) is 45.0 Å². The third-order valence-corrected chi connectivity index (χ3v) is 3.87. The molecule has 22 heavy (non-hydrogen) atoms. The monoisotopic (exact) mass is 304 g/mol. The molecule has 0 saturated heterocycles. The molecule has 120 valence electrons. The van der Waals surface area contributed by atoms with Crippen molar-refractivity contribution in [3.05, 3.63) is 35.6 Å². The summed E-state index contributed by atoms with van der Waals surface area (Å²) >= 11 is 0. The Hall–Kier alpha value is -2.01. The van der Waals surface area contributed by atoms with Crippen LogP contribution in [0.1, 0.15) is 31.6 Å². The maximum absolute atomic E-state index is 11.9. The number of furan rings is 1. The summed E-state index contributed by atoms with van der Waals surface area (Å²) in [5.41, 5.74) is 1.76. The Balaban J connectivity index is 1.89. The van der Waals surface area contributed by atoms with E-state index >= 15 is 0 Å². The van der Waals surface area contributed by atoms with Crippen molar-refractivity contribution < 1.29 is 14.3 Å². The Kier molecular flexibility index (Phi) is 5.08. The minimum atomic E-state index is -0.231. The van der Waals surface area contributed by atoms with Crippen LogP contribution in [0, 0.1) is 12.3 Å². The Morgan fingerprint density at radius 1 is 1.27 bits per heavy atom. The van der Waals surface area contributed by atoms with Crippen LogP contribution in [0.25, 0.3) is 11.0 Å². The van der Waals surface area contributed by atoms with Gasteiger partial charge in [-0.3, -0.25) is 0 Å². The first-order valence-corrected chi connectivity index (χ1v) is 7.52. The van der Waals surface area contributed by atoms with Gasteiger partial charge in [-0.05, 0) is 24.8 Å². The van der Waals surface area contributed by atoms with Crippen molar-refractivity contribution in [2.24, 2.45) is 5.41 Å². The summed E-state index contributed by atoms with van der Waals surface area (Å²) in [5, 5.41) is 15.7. The number of amides is 2. The number of aryl methyl sites for hydroxylation is 1. The van der Waals surface area contributed by atoms with Gasteiger partial charge in [0.15, 0.2) is 0 Å². The molecular weight excluding hydrogens is 280 g/mol. The van der Waals surface area contributed by atoms with Gasteiger partial charge in [0, 0.05) is 24.1 Å². The molecular formula is C17H24N2O3. The number of benzene rings is 1. The zero-order chi connectivity index (χ0) is 16.2. The Morgan fingerprint density at radius 2 is 2.00 bits per heavy atom. The summed E-state index contributed by atoms with van der Waals surface area (Å²) in [6.07, 6.45) is 0.649. The number of rotatable bonds is 6. The van der Waals surface area contributed by atoms with Gasteiger partial charge < -0.3 is 20.2 Å². The molecule has 0 saturated carbocycles. The van der Waals surface area contributed by atoms with E-state index in [0.29, 0.717) is 19.5 Å². The van der Waals surface area contributed by atoms with Crippen LogP contribution in [0.4, 0.5) is 4.79 Å². The van der Waals surface area contributed by atoms with E-state index in [4.69, 9.17) is 9.52 Å². The second-order valence-corrected chi connectivity index (χ2v) is 6.32. The zero-order valence-corrected chi connectivity index (χ0v) is 13.4. The van der Waals surface area contributed by atoms with Crippen LogP contribution in [-0.4, -0.2) is 24.3 Å². The summed E-state index contributed by atoms with van der Waals surface area (Å²) < 4.78 is 5.76. The largest absolute Gasteiger partial charge is 0.459 e. The van der Waals surface area contributed by atoms with E-state index in [0.717, 1.165) is 22.3 Å². The number of carbonyl (C=O) groups excluding carboxylic acids is 1. The van der Waals surface area contributed by atoms with Gasteiger partial charge in [0.1, 0.15) is 11.3 Å². The van der Waals surface area contributed by atoms with Crippen molar-refractivity contribution in [2.75, 3.05) is 13.2 Å². The molecule has 2 rings (SSSR count). The molecule has 0 aliphatic rings. The van der Waals surface area contributed by atoms with Crippen molar-refractivity contribution in [3.63, 3.8) is 0 Å². The third kappa shape index (κ3) is 4.01. The number of hydrogen-bond donors (Lipinski definition) is 3. The zero-order valence-electron chi connectivity index (χ0n) is 13.4. The molecule has 1 aromatic heterocycles. The van der Waals surface area contributed by atoms with Crippen LogP contribution in [0.3, 0.4) is 0 Å². The van der Waals surface area contributed by atoms with Crippen LogP contribution < -0.4 is 10.6 Å². The molecule has 5 heteroatoms. The highest BCUT2D eigenvalue weighted by molar-refractivity contribution is 5.82. The van der Waals surface area contributed by atoms with Crippen LogP contribution in [0.15, 0.2) is 28.7 Å². The second-order valence-electron chi connectivity index (χ2n) is 6.32. The van der Waals surface area contributed by atoms with Crippen molar-refractivity contribution >= 4 is 17.0 Å². The first-order chi connectivity index (χ1) is 10.4. The van der Waals surface area contributed by atoms with Crippen LogP contribution in [0.5, 0.6) is 0 Å². The SMILES string of the molecule is Cc1c(CNC(=O)NCC(C)(C)CCO)oc2ccccc12. The molecule has 0 radical (unpaired) electrons. The lowest BCUT2D eigenvalue weighted by Gasteiger charge is -2.23. The molecule has 1 heterocycles. The minimum absolute atomic E-state index is 0.120. The molecule has 0 fully saturated rings. The summed E-state index contributed by atoms with van der Waals surface area (Å²) in [4.78, 5) is 11.9. The number of fused-ring (bicyclic) bond motifs is 1.